The molecule has 14 heavy (non-hydrogen) atoms. The third kappa shape index (κ3) is 1.87. The van der Waals surface area contributed by atoms with Gasteiger partial charge in [-0.3, -0.25) is 0 Å². The Kier molecular flexibility index (Phi) is 2.40. The fourth-order valence-corrected chi connectivity index (χ4v) is 1.07. The minimum atomic E-state index is -0.487. The number of aliphatic imine (C=N–C) groups is 1. The van der Waals surface area contributed by atoms with Crippen LogP contribution in [0.4, 0.5) is 0 Å². The number of pyridine rings is 1. The summed E-state index contributed by atoms with van der Waals surface area (Å²) in [6.45, 7) is 1.36. The second kappa shape index (κ2) is 3.87. The lowest BCUT2D eigenvalue weighted by Gasteiger charge is -2.02. The van der Waals surface area contributed by atoms with Crippen LogP contribution in [0.3, 0.4) is 0 Å². The molecule has 0 amide bonds. The molecule has 5 heteroatoms. The number of aromatic nitrogens is 1. The van der Waals surface area contributed by atoms with Gasteiger partial charge in [0.15, 0.2) is 0 Å². The molecule has 0 saturated heterocycles. The van der Waals surface area contributed by atoms with Gasteiger partial charge in [-0.15, -0.1) is 0 Å². The van der Waals surface area contributed by atoms with Gasteiger partial charge in [0.05, 0.1) is 6.54 Å². The molecule has 0 saturated carbocycles. The van der Waals surface area contributed by atoms with Gasteiger partial charge in [0.1, 0.15) is 5.69 Å². The smallest absolute Gasteiger partial charge is 0.364 e. The van der Waals surface area contributed by atoms with Crippen LogP contribution in [0.15, 0.2) is 29.4 Å². The standard InChI is InChI=1S/C9H9N3O2/c13-8(7-3-1-2-4-10-7)14-9-11-5-6-12-9/h1-4H,5-6H2,(H,11,12). The molecule has 2 heterocycles. The van der Waals surface area contributed by atoms with Crippen LogP contribution in [0, 0.1) is 0 Å². The molecular formula is C9H9N3O2. The van der Waals surface area contributed by atoms with Crippen molar-refractivity contribution in [3.63, 3.8) is 0 Å². The summed E-state index contributed by atoms with van der Waals surface area (Å²) in [6, 6.07) is 5.34. The molecule has 1 N–H and O–H groups in total. The summed E-state index contributed by atoms with van der Waals surface area (Å²) in [6.07, 6.45) is 1.54. The highest BCUT2D eigenvalue weighted by atomic mass is 16.6. The van der Waals surface area contributed by atoms with E-state index in [1.807, 2.05) is 0 Å². The minimum Gasteiger partial charge on any atom is -0.388 e. The Morgan fingerprint density at radius 2 is 2.43 bits per heavy atom. The van der Waals surface area contributed by atoms with Gasteiger partial charge in [0, 0.05) is 12.7 Å². The molecular weight excluding hydrogens is 182 g/mol. The summed E-state index contributed by atoms with van der Waals surface area (Å²) >= 11 is 0. The Labute approximate surface area is 80.8 Å². The van der Waals surface area contributed by atoms with Gasteiger partial charge in [-0.25, -0.2) is 14.8 Å². The highest BCUT2D eigenvalue weighted by molar-refractivity contribution is 5.96. The lowest BCUT2D eigenvalue weighted by Crippen LogP contribution is -2.24. The van der Waals surface area contributed by atoms with Gasteiger partial charge in [0.25, 0.3) is 6.02 Å². The zero-order valence-electron chi connectivity index (χ0n) is 7.43. The maximum absolute atomic E-state index is 11.4. The van der Waals surface area contributed by atoms with E-state index in [1.165, 1.54) is 0 Å². The van der Waals surface area contributed by atoms with Crippen molar-refractivity contribution in [3.05, 3.63) is 30.1 Å². The van der Waals surface area contributed by atoms with Crippen molar-refractivity contribution in [2.75, 3.05) is 13.1 Å². The molecule has 0 bridgehead atoms. The first-order valence-corrected chi connectivity index (χ1v) is 4.28. The van der Waals surface area contributed by atoms with Crippen LogP contribution in [-0.2, 0) is 4.74 Å². The molecule has 0 unspecified atom stereocenters. The van der Waals surface area contributed by atoms with Crippen LogP contribution in [0.25, 0.3) is 0 Å². The molecule has 0 aliphatic carbocycles. The van der Waals surface area contributed by atoms with E-state index in [-0.39, 0.29) is 11.7 Å². The van der Waals surface area contributed by atoms with Gasteiger partial charge in [0.2, 0.25) is 0 Å². The second-order valence-electron chi connectivity index (χ2n) is 2.72. The van der Waals surface area contributed by atoms with Crippen LogP contribution in [0.2, 0.25) is 0 Å². The molecule has 0 aromatic carbocycles. The van der Waals surface area contributed by atoms with Crippen molar-refractivity contribution in [2.45, 2.75) is 0 Å². The van der Waals surface area contributed by atoms with E-state index in [9.17, 15) is 4.79 Å². The average molecular weight is 191 g/mol. The number of hydrogen-bond donors (Lipinski definition) is 1. The predicted molar refractivity (Wildman–Crippen MR) is 50.0 cm³/mol. The number of rotatable bonds is 1. The van der Waals surface area contributed by atoms with Crippen molar-refractivity contribution >= 4 is 12.0 Å². The molecule has 0 radical (unpaired) electrons. The van der Waals surface area contributed by atoms with E-state index in [4.69, 9.17) is 4.74 Å². The van der Waals surface area contributed by atoms with Crippen LogP contribution in [-0.4, -0.2) is 30.1 Å². The lowest BCUT2D eigenvalue weighted by atomic mass is 10.4. The highest BCUT2D eigenvalue weighted by Crippen LogP contribution is 1.98. The summed E-state index contributed by atoms with van der Waals surface area (Å²) in [4.78, 5) is 19.2. The van der Waals surface area contributed by atoms with Crippen LogP contribution < -0.4 is 5.32 Å². The maximum Gasteiger partial charge on any atom is 0.364 e. The number of hydrogen-bond acceptors (Lipinski definition) is 5. The zero-order chi connectivity index (χ0) is 9.80. The summed E-state index contributed by atoms with van der Waals surface area (Å²) in [5, 5.41) is 2.84. The quantitative estimate of drug-likeness (QED) is 0.644. The fourth-order valence-electron chi connectivity index (χ4n) is 1.07. The number of nitrogens with one attached hydrogen (secondary N) is 1. The first-order chi connectivity index (χ1) is 6.86. The highest BCUT2D eigenvalue weighted by Gasteiger charge is 2.14. The molecule has 72 valence electrons. The van der Waals surface area contributed by atoms with Crippen LogP contribution in [0.1, 0.15) is 10.5 Å². The monoisotopic (exact) mass is 191 g/mol. The van der Waals surface area contributed by atoms with E-state index in [1.54, 1.807) is 24.4 Å². The summed E-state index contributed by atoms with van der Waals surface area (Å²) in [5.41, 5.74) is 0.281. The molecule has 0 spiro atoms. The van der Waals surface area contributed by atoms with Gasteiger partial charge >= 0.3 is 5.97 Å². The summed E-state index contributed by atoms with van der Waals surface area (Å²) < 4.78 is 4.93. The lowest BCUT2D eigenvalue weighted by molar-refractivity contribution is 0.0704. The maximum atomic E-state index is 11.4. The van der Waals surface area contributed by atoms with E-state index < -0.39 is 5.97 Å². The Balaban J connectivity index is 2.03. The van der Waals surface area contributed by atoms with E-state index in [0.29, 0.717) is 13.1 Å². The van der Waals surface area contributed by atoms with Crippen molar-refractivity contribution in [2.24, 2.45) is 4.99 Å². The average Bonchev–Trinajstić information content (AvgIpc) is 2.72. The van der Waals surface area contributed by atoms with E-state index in [0.717, 1.165) is 0 Å². The van der Waals surface area contributed by atoms with Gasteiger partial charge in [-0.1, -0.05) is 6.07 Å². The van der Waals surface area contributed by atoms with Crippen molar-refractivity contribution in [1.29, 1.82) is 0 Å². The number of carbonyl (C=O) groups is 1. The normalized spacial score (nSPS) is 14.4. The summed E-state index contributed by atoms with van der Waals surface area (Å²) in [7, 11) is 0. The largest absolute Gasteiger partial charge is 0.388 e. The summed E-state index contributed by atoms with van der Waals surface area (Å²) in [5.74, 6) is -0.487. The topological polar surface area (TPSA) is 63.6 Å². The molecule has 1 aliphatic rings. The fraction of sp³-hybridized carbons (Fsp3) is 0.222. The molecule has 0 atom stereocenters. The molecule has 5 nitrogen and oxygen atoms in total. The Bertz CT molecular complexity index is 362. The predicted octanol–water partition coefficient (Wildman–Crippen LogP) is 0.198. The number of amidine groups is 1. The van der Waals surface area contributed by atoms with E-state index in [2.05, 4.69) is 15.3 Å². The number of esters is 1. The van der Waals surface area contributed by atoms with Crippen LogP contribution >= 0.6 is 0 Å². The number of carbonyl (C=O) groups excluding carboxylic acids is 1. The third-order valence-corrected chi connectivity index (χ3v) is 1.71. The molecule has 1 aromatic rings. The first-order valence-electron chi connectivity index (χ1n) is 4.28. The Morgan fingerprint density at radius 3 is 3.07 bits per heavy atom. The molecule has 1 aromatic heterocycles. The molecule has 1 aliphatic heterocycles. The Morgan fingerprint density at radius 1 is 1.50 bits per heavy atom. The number of nitrogens with zero attached hydrogens (tertiary/aromatic N) is 2. The van der Waals surface area contributed by atoms with Gasteiger partial charge in [-0.05, 0) is 12.1 Å². The van der Waals surface area contributed by atoms with E-state index >= 15 is 0 Å². The molecule has 2 rings (SSSR count). The van der Waals surface area contributed by atoms with Gasteiger partial charge in [-0.2, -0.15) is 0 Å². The van der Waals surface area contributed by atoms with Crippen molar-refractivity contribution in [1.82, 2.24) is 10.3 Å². The third-order valence-electron chi connectivity index (χ3n) is 1.71. The number of ether oxygens (including phenoxy) is 1. The SMILES string of the molecule is O=C(OC1=NCCN1)c1ccccn1. The van der Waals surface area contributed by atoms with Crippen molar-refractivity contribution < 1.29 is 9.53 Å². The van der Waals surface area contributed by atoms with Gasteiger partial charge < -0.3 is 10.1 Å². The second-order valence-corrected chi connectivity index (χ2v) is 2.72. The minimum absolute atomic E-state index is 0.278. The first kappa shape index (κ1) is 8.68. The molecule has 0 fully saturated rings. The van der Waals surface area contributed by atoms with Crippen LogP contribution in [0.5, 0.6) is 0 Å². The van der Waals surface area contributed by atoms with Crippen molar-refractivity contribution in [3.8, 4) is 0 Å². The Hall–Kier alpha value is -1.91. The zero-order valence-corrected chi connectivity index (χ0v) is 7.43.